The summed E-state index contributed by atoms with van der Waals surface area (Å²) in [6.45, 7) is 5.24. The van der Waals surface area contributed by atoms with Gasteiger partial charge < -0.3 is 5.40 Å². The second-order valence-corrected chi connectivity index (χ2v) is 21.0. The number of rotatable bonds is 6. The first-order valence-electron chi connectivity index (χ1n) is 6.09. The third-order valence-corrected chi connectivity index (χ3v) is 20.5. The summed E-state index contributed by atoms with van der Waals surface area (Å²) in [6, 6.07) is 0.241. The molecule has 1 unspecified atom stereocenters. The van der Waals surface area contributed by atoms with E-state index in [-0.39, 0.29) is 18.5 Å². The predicted octanol–water partition coefficient (Wildman–Crippen LogP) is 4.60. The third kappa shape index (κ3) is 7.98. The van der Waals surface area contributed by atoms with E-state index in [4.69, 9.17) is 5.40 Å². The Hall–Kier alpha value is -0.0262. The van der Waals surface area contributed by atoms with Crippen molar-refractivity contribution in [2.75, 3.05) is 0 Å². The van der Waals surface area contributed by atoms with Gasteiger partial charge >= 0.3 is 12.4 Å². The molecule has 0 aromatic carbocycles. The Morgan fingerprint density at radius 3 is 1.58 bits per heavy atom. The highest BCUT2D eigenvalue weighted by Gasteiger charge is 2.44. The molecule has 0 aliphatic rings. The summed E-state index contributed by atoms with van der Waals surface area (Å²) in [6.07, 6.45) is -10.3. The molecule has 0 saturated carbocycles. The van der Waals surface area contributed by atoms with Crippen molar-refractivity contribution in [2.24, 2.45) is 5.40 Å². The van der Waals surface area contributed by atoms with E-state index in [2.05, 4.69) is 0 Å². The first kappa shape index (κ1) is 19.0. The molecule has 2 N–H and O–H groups in total. The molecule has 0 fully saturated rings. The number of alkyl halides is 6. The molecule has 0 aliphatic carbocycles. The van der Waals surface area contributed by atoms with Crippen LogP contribution in [0.3, 0.4) is 0 Å². The molecule has 0 saturated heterocycles. The normalized spacial score (nSPS) is 17.4. The van der Waals surface area contributed by atoms with Crippen molar-refractivity contribution in [1.82, 2.24) is 0 Å². The van der Waals surface area contributed by atoms with Crippen LogP contribution in [0.2, 0.25) is 31.7 Å². The first-order valence-corrected chi connectivity index (χ1v) is 13.1. The zero-order chi connectivity index (χ0) is 15.5. The first-order chi connectivity index (χ1) is 8.16. The molecule has 0 aromatic heterocycles. The molecule has 0 rings (SSSR count). The van der Waals surface area contributed by atoms with Gasteiger partial charge in [-0.05, 0) is 18.5 Å². The van der Waals surface area contributed by atoms with Crippen molar-refractivity contribution in [3.8, 4) is 0 Å². The Morgan fingerprint density at radius 1 is 0.789 bits per heavy atom. The molecule has 0 amide bonds. The minimum atomic E-state index is -4.22. The summed E-state index contributed by atoms with van der Waals surface area (Å²) in [5.41, 5.74) is 0. The topological polar surface area (TPSA) is 26.0 Å². The summed E-state index contributed by atoms with van der Waals surface area (Å²) in [5.74, 6) is 0. The maximum absolute atomic E-state index is 12.2. The molecule has 0 radical (unpaired) electrons. The van der Waals surface area contributed by atoms with E-state index >= 15 is 0 Å². The Bertz CT molecular complexity index is 285. The third-order valence-electron chi connectivity index (χ3n) is 3.74. The van der Waals surface area contributed by atoms with E-state index in [1.54, 1.807) is 19.6 Å². The van der Waals surface area contributed by atoms with Gasteiger partial charge in [0.05, 0.1) is 7.59 Å². The summed E-state index contributed by atoms with van der Waals surface area (Å²) < 4.78 is 72.9. The van der Waals surface area contributed by atoms with Crippen LogP contribution in [0.4, 0.5) is 26.3 Å². The zero-order valence-electron chi connectivity index (χ0n) is 11.4. The minimum Gasteiger partial charge on any atom is -0.353 e. The van der Waals surface area contributed by atoms with Gasteiger partial charge in [0.2, 0.25) is 0 Å². The van der Waals surface area contributed by atoms with Crippen LogP contribution in [0.25, 0.3) is 0 Å². The molecule has 0 heterocycles. The quantitative estimate of drug-likeness (QED) is 0.560. The lowest BCUT2D eigenvalue weighted by Gasteiger charge is -2.38. The van der Waals surface area contributed by atoms with Crippen LogP contribution in [0.1, 0.15) is 19.3 Å². The van der Waals surface area contributed by atoms with Crippen molar-refractivity contribution in [3.63, 3.8) is 0 Å². The lowest BCUT2D eigenvalue weighted by Crippen LogP contribution is -2.64. The van der Waals surface area contributed by atoms with Gasteiger partial charge in [0.15, 0.2) is 0 Å². The molecule has 1 nitrogen and oxygen atoms in total. The number of nitrogens with two attached hydrogens (primary N) is 1. The Balaban J connectivity index is 4.43. The summed E-state index contributed by atoms with van der Waals surface area (Å²) >= 11 is 0. The lowest BCUT2D eigenvalue weighted by molar-refractivity contribution is -0.134. The average molecular weight is 325 g/mol. The number of hydrogen-bond donors (Lipinski definition) is 1. The van der Waals surface area contributed by atoms with E-state index in [0.29, 0.717) is 0 Å². The molecular formula is C10H21F6NSi2. The maximum Gasteiger partial charge on any atom is 0.389 e. The van der Waals surface area contributed by atoms with Crippen molar-refractivity contribution in [1.29, 1.82) is 0 Å². The van der Waals surface area contributed by atoms with E-state index in [9.17, 15) is 26.3 Å². The van der Waals surface area contributed by atoms with Crippen LogP contribution >= 0.6 is 0 Å². The van der Waals surface area contributed by atoms with Gasteiger partial charge in [-0.25, -0.2) is 0 Å². The zero-order valence-corrected chi connectivity index (χ0v) is 13.4. The van der Waals surface area contributed by atoms with Gasteiger partial charge in [-0.2, -0.15) is 26.3 Å². The van der Waals surface area contributed by atoms with Gasteiger partial charge in [0.25, 0.3) is 0 Å². The fourth-order valence-electron chi connectivity index (χ4n) is 1.73. The van der Waals surface area contributed by atoms with Gasteiger partial charge in [-0.3, -0.25) is 0 Å². The van der Waals surface area contributed by atoms with Crippen LogP contribution in [0.15, 0.2) is 0 Å². The molecule has 0 aliphatic heterocycles. The monoisotopic (exact) mass is 325 g/mol. The molecule has 0 spiro atoms. The molecule has 9 heteroatoms. The van der Waals surface area contributed by atoms with Gasteiger partial charge in [0, 0.05) is 12.8 Å². The van der Waals surface area contributed by atoms with Crippen molar-refractivity contribution in [3.05, 3.63) is 0 Å². The summed E-state index contributed by atoms with van der Waals surface area (Å²) in [7, 11) is -4.80. The lowest BCUT2D eigenvalue weighted by atomic mass is 10.3. The van der Waals surface area contributed by atoms with Crippen LogP contribution in [-0.2, 0) is 0 Å². The van der Waals surface area contributed by atoms with Crippen LogP contribution in [0.5, 0.6) is 0 Å². The second-order valence-electron chi connectivity index (χ2n) is 5.89. The summed E-state index contributed by atoms with van der Waals surface area (Å²) in [5, 5.41) is 6.12. The number of halogens is 6. The molecule has 116 valence electrons. The van der Waals surface area contributed by atoms with Gasteiger partial charge in [-0.15, -0.1) is 0 Å². The highest BCUT2D eigenvalue weighted by atomic mass is 29.3. The molecule has 19 heavy (non-hydrogen) atoms. The van der Waals surface area contributed by atoms with E-state index < -0.39 is 40.5 Å². The SMILES string of the molecule is C[Si](C)(CCC(F)(F)F)[Si](C)(N)CCCC(F)(F)F. The van der Waals surface area contributed by atoms with Crippen LogP contribution in [-0.4, -0.2) is 27.7 Å². The second kappa shape index (κ2) is 6.17. The van der Waals surface area contributed by atoms with E-state index in [0.717, 1.165) is 0 Å². The van der Waals surface area contributed by atoms with E-state index in [1.165, 1.54) is 0 Å². The Morgan fingerprint density at radius 2 is 1.21 bits per heavy atom. The van der Waals surface area contributed by atoms with Crippen molar-refractivity contribution >= 4 is 15.3 Å². The number of hydrogen-bond acceptors (Lipinski definition) is 1. The molecule has 1 atom stereocenters. The van der Waals surface area contributed by atoms with Gasteiger partial charge in [-0.1, -0.05) is 19.6 Å². The fraction of sp³-hybridized carbons (Fsp3) is 1.00. The Labute approximate surface area is 111 Å². The largest absolute Gasteiger partial charge is 0.389 e. The Kier molecular flexibility index (Phi) is 6.16. The fourth-order valence-corrected chi connectivity index (χ4v) is 9.45. The molecule has 0 bridgehead atoms. The van der Waals surface area contributed by atoms with Crippen LogP contribution in [0, 0.1) is 0 Å². The standard InChI is InChI=1S/C10H21F6NSi2/c1-18(2,8-6-10(14,15)16)19(3,17)7-4-5-9(11,12)13/h4-8,17H2,1-3H3. The smallest absolute Gasteiger partial charge is 0.353 e. The van der Waals surface area contributed by atoms with Crippen LogP contribution < -0.4 is 5.40 Å². The van der Waals surface area contributed by atoms with Crippen molar-refractivity contribution < 1.29 is 26.3 Å². The van der Waals surface area contributed by atoms with Crippen molar-refractivity contribution in [2.45, 2.75) is 63.3 Å². The highest BCUT2D eigenvalue weighted by Crippen LogP contribution is 2.32. The maximum atomic E-state index is 12.2. The van der Waals surface area contributed by atoms with Gasteiger partial charge in [0.1, 0.15) is 7.75 Å². The average Bonchev–Trinajstić information content (AvgIpc) is 2.11. The van der Waals surface area contributed by atoms with E-state index in [1.807, 2.05) is 0 Å². The molecule has 0 aromatic rings. The molecular weight excluding hydrogens is 304 g/mol. The summed E-state index contributed by atoms with van der Waals surface area (Å²) in [4.78, 5) is 0. The predicted molar refractivity (Wildman–Crippen MR) is 68.9 cm³/mol. The highest BCUT2D eigenvalue weighted by molar-refractivity contribution is 7.40. The minimum absolute atomic E-state index is 0.00173.